The number of nitrogens with one attached hydrogen (secondary N) is 1. The lowest BCUT2D eigenvalue weighted by atomic mass is 10.00. The third-order valence-corrected chi connectivity index (χ3v) is 4.42. The second-order valence-electron chi connectivity index (χ2n) is 6.11. The fourth-order valence-corrected chi connectivity index (χ4v) is 3.07. The van der Waals surface area contributed by atoms with Gasteiger partial charge in [0.15, 0.2) is 0 Å². The Hall–Kier alpha value is -3.40. The molecular weight excluding hydrogens is 322 g/mol. The second-order valence-corrected chi connectivity index (χ2v) is 6.11. The fourth-order valence-electron chi connectivity index (χ4n) is 3.07. The first-order valence-electron chi connectivity index (χ1n) is 8.53. The van der Waals surface area contributed by atoms with Gasteiger partial charge in [-0.1, -0.05) is 53.7 Å². The number of benzene rings is 3. The maximum absolute atomic E-state index is 5.59. The number of aryl methyl sites for hydroxylation is 1. The first-order valence-corrected chi connectivity index (χ1v) is 8.53. The van der Waals surface area contributed by atoms with Crippen LogP contribution in [-0.2, 0) is 0 Å². The first-order chi connectivity index (χ1) is 12.8. The predicted molar refractivity (Wildman–Crippen MR) is 105 cm³/mol. The molecule has 1 N–H and O–H groups in total. The van der Waals surface area contributed by atoms with E-state index >= 15 is 0 Å². The SMILES string of the molecule is CNc1ccc(-c2noc(-c3ccccc3-c3ccccc3)n2)cc1C. The van der Waals surface area contributed by atoms with Crippen LogP contribution in [0.5, 0.6) is 0 Å². The molecule has 0 amide bonds. The number of hydrogen-bond acceptors (Lipinski definition) is 4. The number of hydrogen-bond donors (Lipinski definition) is 1. The number of nitrogens with zero attached hydrogens (tertiary/aromatic N) is 2. The number of rotatable bonds is 4. The topological polar surface area (TPSA) is 51.0 Å². The van der Waals surface area contributed by atoms with E-state index in [9.17, 15) is 0 Å². The van der Waals surface area contributed by atoms with Crippen molar-refractivity contribution in [2.24, 2.45) is 0 Å². The van der Waals surface area contributed by atoms with Crippen molar-refractivity contribution in [3.8, 4) is 34.0 Å². The Morgan fingerprint density at radius 1 is 0.808 bits per heavy atom. The molecule has 0 atom stereocenters. The molecule has 4 aromatic rings. The molecule has 4 heteroatoms. The zero-order chi connectivity index (χ0) is 17.9. The van der Waals surface area contributed by atoms with Gasteiger partial charge in [-0.25, -0.2) is 0 Å². The Kier molecular flexibility index (Phi) is 4.23. The lowest BCUT2D eigenvalue weighted by molar-refractivity contribution is 0.432. The summed E-state index contributed by atoms with van der Waals surface area (Å²) in [5, 5.41) is 7.35. The average molecular weight is 341 g/mol. The van der Waals surface area contributed by atoms with Crippen LogP contribution in [0, 0.1) is 6.92 Å². The Morgan fingerprint density at radius 2 is 1.54 bits per heavy atom. The monoisotopic (exact) mass is 341 g/mol. The van der Waals surface area contributed by atoms with E-state index in [1.165, 1.54) is 0 Å². The maximum Gasteiger partial charge on any atom is 0.258 e. The third-order valence-electron chi connectivity index (χ3n) is 4.42. The smallest absolute Gasteiger partial charge is 0.258 e. The van der Waals surface area contributed by atoms with Gasteiger partial charge in [0.25, 0.3) is 5.89 Å². The Bertz CT molecular complexity index is 1040. The van der Waals surface area contributed by atoms with E-state index in [4.69, 9.17) is 4.52 Å². The van der Waals surface area contributed by atoms with Crippen molar-refractivity contribution in [1.82, 2.24) is 10.1 Å². The molecule has 3 aromatic carbocycles. The molecule has 4 nitrogen and oxygen atoms in total. The highest BCUT2D eigenvalue weighted by Gasteiger charge is 2.15. The van der Waals surface area contributed by atoms with Gasteiger partial charge in [0, 0.05) is 23.9 Å². The minimum atomic E-state index is 0.523. The van der Waals surface area contributed by atoms with E-state index in [2.05, 4.69) is 46.6 Å². The summed E-state index contributed by atoms with van der Waals surface area (Å²) >= 11 is 0. The second kappa shape index (κ2) is 6.84. The Balaban J connectivity index is 1.75. The molecule has 0 spiro atoms. The molecule has 0 saturated carbocycles. The van der Waals surface area contributed by atoms with Crippen LogP contribution in [0.1, 0.15) is 5.56 Å². The largest absolute Gasteiger partial charge is 0.388 e. The highest BCUT2D eigenvalue weighted by molar-refractivity contribution is 5.80. The third kappa shape index (κ3) is 2.97. The summed E-state index contributed by atoms with van der Waals surface area (Å²) in [5.41, 5.74) is 6.30. The molecule has 0 saturated heterocycles. The highest BCUT2D eigenvalue weighted by atomic mass is 16.5. The summed E-state index contributed by atoms with van der Waals surface area (Å²) < 4.78 is 5.59. The molecule has 0 aliphatic heterocycles. The molecule has 0 aliphatic rings. The van der Waals surface area contributed by atoms with Crippen molar-refractivity contribution in [2.75, 3.05) is 12.4 Å². The lowest BCUT2D eigenvalue weighted by Crippen LogP contribution is -1.92. The van der Waals surface area contributed by atoms with Crippen LogP contribution in [0.4, 0.5) is 5.69 Å². The lowest BCUT2D eigenvalue weighted by Gasteiger charge is -2.06. The molecule has 4 rings (SSSR count). The zero-order valence-corrected chi connectivity index (χ0v) is 14.7. The van der Waals surface area contributed by atoms with E-state index < -0.39 is 0 Å². The van der Waals surface area contributed by atoms with E-state index in [1.807, 2.05) is 55.6 Å². The van der Waals surface area contributed by atoms with Crippen molar-refractivity contribution in [1.29, 1.82) is 0 Å². The Morgan fingerprint density at radius 3 is 2.27 bits per heavy atom. The molecule has 0 unspecified atom stereocenters. The van der Waals surface area contributed by atoms with E-state index in [-0.39, 0.29) is 0 Å². The van der Waals surface area contributed by atoms with Gasteiger partial charge < -0.3 is 9.84 Å². The Labute approximate surface area is 152 Å². The van der Waals surface area contributed by atoms with Crippen molar-refractivity contribution < 1.29 is 4.52 Å². The molecule has 0 radical (unpaired) electrons. The van der Waals surface area contributed by atoms with Gasteiger partial charge in [0.05, 0.1) is 0 Å². The van der Waals surface area contributed by atoms with Crippen molar-refractivity contribution >= 4 is 5.69 Å². The highest BCUT2D eigenvalue weighted by Crippen LogP contribution is 2.32. The molecule has 1 aromatic heterocycles. The predicted octanol–water partition coefficient (Wildman–Crippen LogP) is 5.42. The molecular formula is C22H19N3O. The summed E-state index contributed by atoms with van der Waals surface area (Å²) in [6.07, 6.45) is 0. The van der Waals surface area contributed by atoms with Crippen LogP contribution >= 0.6 is 0 Å². The fraction of sp³-hybridized carbons (Fsp3) is 0.0909. The molecule has 0 fully saturated rings. The van der Waals surface area contributed by atoms with E-state index in [0.29, 0.717) is 11.7 Å². The molecule has 26 heavy (non-hydrogen) atoms. The molecule has 128 valence electrons. The quantitative estimate of drug-likeness (QED) is 0.538. The van der Waals surface area contributed by atoms with Gasteiger partial charge >= 0.3 is 0 Å². The van der Waals surface area contributed by atoms with Gasteiger partial charge in [-0.15, -0.1) is 0 Å². The van der Waals surface area contributed by atoms with Gasteiger partial charge in [0.1, 0.15) is 0 Å². The van der Waals surface area contributed by atoms with Crippen LogP contribution in [0.25, 0.3) is 34.0 Å². The van der Waals surface area contributed by atoms with Crippen molar-refractivity contribution in [3.05, 3.63) is 78.4 Å². The normalized spacial score (nSPS) is 10.7. The van der Waals surface area contributed by atoms with Crippen molar-refractivity contribution in [2.45, 2.75) is 6.92 Å². The van der Waals surface area contributed by atoms with E-state index in [0.717, 1.165) is 33.5 Å². The number of aromatic nitrogens is 2. The first kappa shape index (κ1) is 16.1. The zero-order valence-electron chi connectivity index (χ0n) is 14.7. The maximum atomic E-state index is 5.59. The summed E-state index contributed by atoms with van der Waals surface area (Å²) in [7, 11) is 1.91. The minimum absolute atomic E-state index is 0.523. The summed E-state index contributed by atoms with van der Waals surface area (Å²) in [6.45, 7) is 2.06. The van der Waals surface area contributed by atoms with Crippen LogP contribution in [-0.4, -0.2) is 17.2 Å². The number of anilines is 1. The minimum Gasteiger partial charge on any atom is -0.388 e. The van der Waals surface area contributed by atoms with E-state index in [1.54, 1.807) is 0 Å². The molecule has 0 bridgehead atoms. The molecule has 1 heterocycles. The van der Waals surface area contributed by atoms with Crippen molar-refractivity contribution in [3.63, 3.8) is 0 Å². The summed E-state index contributed by atoms with van der Waals surface area (Å²) in [4.78, 5) is 4.64. The summed E-state index contributed by atoms with van der Waals surface area (Å²) in [6, 6.07) is 24.4. The van der Waals surface area contributed by atoms with Crippen LogP contribution in [0.2, 0.25) is 0 Å². The average Bonchev–Trinajstić information content (AvgIpc) is 3.19. The van der Waals surface area contributed by atoms with Gasteiger partial charge in [-0.05, 0) is 47.9 Å². The van der Waals surface area contributed by atoms with Crippen LogP contribution in [0.3, 0.4) is 0 Å². The van der Waals surface area contributed by atoms with Gasteiger partial charge in [-0.3, -0.25) is 0 Å². The van der Waals surface area contributed by atoms with Crippen LogP contribution < -0.4 is 5.32 Å². The molecule has 0 aliphatic carbocycles. The standard InChI is InChI=1S/C22H19N3O/c1-15-14-17(12-13-20(15)23-2)21-24-22(26-25-21)19-11-7-6-10-18(19)16-8-4-3-5-9-16/h3-14,23H,1-2H3. The van der Waals surface area contributed by atoms with Gasteiger partial charge in [0.2, 0.25) is 5.82 Å². The van der Waals surface area contributed by atoms with Crippen LogP contribution in [0.15, 0.2) is 77.3 Å². The van der Waals surface area contributed by atoms with Gasteiger partial charge in [-0.2, -0.15) is 4.98 Å². The summed E-state index contributed by atoms with van der Waals surface area (Å²) in [5.74, 6) is 1.11.